The number of thiophene rings is 1. The molecule has 1 saturated heterocycles. The minimum absolute atomic E-state index is 0.199. The fourth-order valence-corrected chi connectivity index (χ4v) is 6.75. The minimum Gasteiger partial charge on any atom is -0.497 e. The van der Waals surface area contributed by atoms with Crippen LogP contribution in [0.3, 0.4) is 0 Å². The summed E-state index contributed by atoms with van der Waals surface area (Å²) in [5, 5.41) is 13.6. The zero-order valence-corrected chi connectivity index (χ0v) is 21.1. The minimum atomic E-state index is -0.673. The Bertz CT molecular complexity index is 1080. The molecule has 1 aliphatic heterocycles. The van der Waals surface area contributed by atoms with Gasteiger partial charge >= 0.3 is 5.97 Å². The van der Waals surface area contributed by atoms with Gasteiger partial charge in [0.1, 0.15) is 5.75 Å². The summed E-state index contributed by atoms with van der Waals surface area (Å²) in [5.41, 5.74) is 1.96. The van der Waals surface area contributed by atoms with Gasteiger partial charge in [-0.25, -0.2) is 0 Å². The normalized spacial score (nSPS) is 19.1. The van der Waals surface area contributed by atoms with Gasteiger partial charge in [-0.2, -0.15) is 0 Å². The number of ether oxygens (including phenoxy) is 1. The van der Waals surface area contributed by atoms with E-state index in [9.17, 15) is 9.90 Å². The maximum atomic E-state index is 12.0. The zero-order valence-electron chi connectivity index (χ0n) is 18.7. The standard InChI is InChI=1S/C25H29ClN2O3S2/c1-31-18-7-8-23-20(14-18)19(22(26)15-27-23)5-2-4-17-9-10-28(16-21(17)25(29)30)11-13-33-24-6-3-12-32-24/h3,6-8,12,14-15,17,21H,2,4-5,9-11,13,16H2,1H3,(H,29,30). The Hall–Kier alpha value is -1.80. The largest absolute Gasteiger partial charge is 0.497 e. The number of nitrogens with zero attached hydrogens (tertiary/aromatic N) is 2. The summed E-state index contributed by atoms with van der Waals surface area (Å²) < 4.78 is 6.69. The van der Waals surface area contributed by atoms with Gasteiger partial charge < -0.3 is 14.7 Å². The molecule has 3 heterocycles. The van der Waals surface area contributed by atoms with Gasteiger partial charge in [-0.15, -0.1) is 23.1 Å². The molecule has 2 aromatic heterocycles. The first-order valence-electron chi connectivity index (χ1n) is 11.3. The van der Waals surface area contributed by atoms with Crippen LogP contribution in [0.4, 0.5) is 0 Å². The predicted octanol–water partition coefficient (Wildman–Crippen LogP) is 6.10. The van der Waals surface area contributed by atoms with Crippen LogP contribution in [0.25, 0.3) is 10.9 Å². The van der Waals surface area contributed by atoms with Crippen molar-refractivity contribution in [2.45, 2.75) is 29.9 Å². The third kappa shape index (κ3) is 6.21. The second-order valence-electron chi connectivity index (χ2n) is 8.43. The van der Waals surface area contributed by atoms with Gasteiger partial charge in [0, 0.05) is 30.4 Å². The van der Waals surface area contributed by atoms with Crippen LogP contribution in [0.5, 0.6) is 5.75 Å². The molecule has 0 spiro atoms. The number of likely N-dealkylation sites (tertiary alicyclic amines) is 1. The van der Waals surface area contributed by atoms with Crippen molar-refractivity contribution in [1.82, 2.24) is 9.88 Å². The molecule has 0 bridgehead atoms. The van der Waals surface area contributed by atoms with Crippen molar-refractivity contribution in [2.75, 3.05) is 32.5 Å². The molecule has 2 atom stereocenters. The summed E-state index contributed by atoms with van der Waals surface area (Å²) in [4.78, 5) is 18.8. The molecule has 3 aromatic rings. The number of rotatable bonds is 10. The average Bonchev–Trinajstić information content (AvgIpc) is 3.34. The quantitative estimate of drug-likeness (QED) is 0.337. The van der Waals surface area contributed by atoms with E-state index in [1.165, 1.54) is 4.21 Å². The van der Waals surface area contributed by atoms with E-state index in [0.717, 1.165) is 66.7 Å². The van der Waals surface area contributed by atoms with Gasteiger partial charge in [0.05, 0.1) is 27.8 Å². The zero-order chi connectivity index (χ0) is 23.2. The van der Waals surface area contributed by atoms with Crippen LogP contribution in [0, 0.1) is 11.8 Å². The molecule has 5 nitrogen and oxygen atoms in total. The van der Waals surface area contributed by atoms with Crippen molar-refractivity contribution < 1.29 is 14.6 Å². The number of methoxy groups -OCH3 is 1. The molecule has 0 radical (unpaired) electrons. The number of hydrogen-bond donors (Lipinski definition) is 1. The Morgan fingerprint density at radius 3 is 3.03 bits per heavy atom. The maximum absolute atomic E-state index is 12.0. The van der Waals surface area contributed by atoms with Crippen LogP contribution in [0.2, 0.25) is 5.02 Å². The fraction of sp³-hybridized carbons (Fsp3) is 0.440. The van der Waals surface area contributed by atoms with Crippen LogP contribution >= 0.6 is 34.7 Å². The highest BCUT2D eigenvalue weighted by molar-refractivity contribution is 8.01. The van der Waals surface area contributed by atoms with E-state index >= 15 is 0 Å². The molecule has 0 saturated carbocycles. The lowest BCUT2D eigenvalue weighted by Crippen LogP contribution is -2.44. The second kappa shape index (κ2) is 11.6. The summed E-state index contributed by atoms with van der Waals surface area (Å²) in [5.74, 6) is 0.991. The van der Waals surface area contributed by atoms with Crippen molar-refractivity contribution in [3.8, 4) is 5.75 Å². The molecule has 0 amide bonds. The van der Waals surface area contributed by atoms with E-state index in [-0.39, 0.29) is 11.8 Å². The number of carbonyl (C=O) groups is 1. The molecule has 1 aromatic carbocycles. The van der Waals surface area contributed by atoms with Crippen molar-refractivity contribution >= 4 is 51.6 Å². The highest BCUT2D eigenvalue weighted by Crippen LogP contribution is 2.32. The van der Waals surface area contributed by atoms with Gasteiger partial charge in [-0.05, 0) is 73.4 Å². The predicted molar refractivity (Wildman–Crippen MR) is 137 cm³/mol. The van der Waals surface area contributed by atoms with Gasteiger partial charge in [-0.1, -0.05) is 17.7 Å². The molecule has 1 aliphatic rings. The molecular formula is C25H29ClN2O3S2. The first-order valence-corrected chi connectivity index (χ1v) is 13.5. The van der Waals surface area contributed by atoms with Crippen LogP contribution in [-0.2, 0) is 11.2 Å². The molecule has 0 aliphatic carbocycles. The van der Waals surface area contributed by atoms with Crippen molar-refractivity contribution in [1.29, 1.82) is 0 Å². The highest BCUT2D eigenvalue weighted by Gasteiger charge is 2.33. The number of hydrogen-bond acceptors (Lipinski definition) is 6. The van der Waals surface area contributed by atoms with Gasteiger partial charge in [0.15, 0.2) is 0 Å². The first-order chi connectivity index (χ1) is 16.0. The number of carboxylic acids is 1. The molecule has 8 heteroatoms. The Kier molecular flexibility index (Phi) is 8.52. The monoisotopic (exact) mass is 504 g/mol. The third-order valence-corrected chi connectivity index (χ3v) is 8.88. The van der Waals surface area contributed by atoms with Crippen molar-refractivity contribution in [3.63, 3.8) is 0 Å². The first kappa shape index (κ1) is 24.3. The number of halogens is 1. The number of carboxylic acid groups (broad SMARTS) is 1. The number of piperidine rings is 1. The van der Waals surface area contributed by atoms with Gasteiger partial charge in [0.25, 0.3) is 0 Å². The third-order valence-electron chi connectivity index (χ3n) is 6.44. The summed E-state index contributed by atoms with van der Waals surface area (Å²) in [6.45, 7) is 2.54. The number of aromatic nitrogens is 1. The molecule has 33 heavy (non-hydrogen) atoms. The van der Waals surface area contributed by atoms with E-state index in [0.29, 0.717) is 11.6 Å². The van der Waals surface area contributed by atoms with Gasteiger partial charge in [0.2, 0.25) is 0 Å². The van der Waals surface area contributed by atoms with Crippen LogP contribution in [0.15, 0.2) is 46.1 Å². The molecular weight excluding hydrogens is 476 g/mol. The number of pyridine rings is 1. The molecule has 1 fully saturated rings. The summed E-state index contributed by atoms with van der Waals surface area (Å²) in [6, 6.07) is 10.0. The number of fused-ring (bicyclic) bond motifs is 1. The Balaban J connectivity index is 1.33. The van der Waals surface area contributed by atoms with E-state index < -0.39 is 5.97 Å². The van der Waals surface area contributed by atoms with Crippen LogP contribution in [-0.4, -0.2) is 53.5 Å². The number of aliphatic carboxylic acids is 1. The smallest absolute Gasteiger partial charge is 0.308 e. The molecule has 4 rings (SSSR count). The van der Waals surface area contributed by atoms with E-state index in [1.54, 1.807) is 24.6 Å². The molecule has 1 N–H and O–H groups in total. The van der Waals surface area contributed by atoms with Crippen molar-refractivity contribution in [3.05, 3.63) is 52.5 Å². The summed E-state index contributed by atoms with van der Waals surface area (Å²) in [6.07, 6.45) is 5.23. The number of thioether (sulfide) groups is 1. The Morgan fingerprint density at radius 2 is 2.27 bits per heavy atom. The fourth-order valence-electron chi connectivity index (χ4n) is 4.64. The SMILES string of the molecule is COc1ccc2ncc(Cl)c(CCCC3CCN(CCSc4cccs4)CC3C(=O)O)c2c1. The lowest BCUT2D eigenvalue weighted by Gasteiger charge is -2.36. The number of benzene rings is 1. The Morgan fingerprint density at radius 1 is 1.39 bits per heavy atom. The lowest BCUT2D eigenvalue weighted by molar-refractivity contribution is -0.146. The van der Waals surface area contributed by atoms with Gasteiger partial charge in [-0.3, -0.25) is 9.78 Å². The van der Waals surface area contributed by atoms with E-state index in [2.05, 4.69) is 27.4 Å². The highest BCUT2D eigenvalue weighted by atomic mass is 35.5. The van der Waals surface area contributed by atoms with Crippen LogP contribution < -0.4 is 4.74 Å². The van der Waals surface area contributed by atoms with E-state index in [4.69, 9.17) is 16.3 Å². The second-order valence-corrected chi connectivity index (χ2v) is 11.2. The van der Waals surface area contributed by atoms with Crippen molar-refractivity contribution in [2.24, 2.45) is 11.8 Å². The number of aryl methyl sites for hydroxylation is 1. The van der Waals surface area contributed by atoms with E-state index in [1.807, 2.05) is 30.0 Å². The average molecular weight is 505 g/mol. The van der Waals surface area contributed by atoms with Crippen LogP contribution in [0.1, 0.15) is 24.8 Å². The Labute approximate surface area is 208 Å². The maximum Gasteiger partial charge on any atom is 0.308 e. The topological polar surface area (TPSA) is 62.7 Å². The lowest BCUT2D eigenvalue weighted by atomic mass is 9.81. The molecule has 176 valence electrons. The molecule has 2 unspecified atom stereocenters. The summed E-state index contributed by atoms with van der Waals surface area (Å²) in [7, 11) is 1.65. The summed E-state index contributed by atoms with van der Waals surface area (Å²) >= 11 is 10.1.